The first-order valence-electron chi connectivity index (χ1n) is 12.7. The zero-order valence-electron chi connectivity index (χ0n) is 22.6. The number of rotatable bonds is 13. The van der Waals surface area contributed by atoms with E-state index < -0.39 is 28.5 Å². The van der Waals surface area contributed by atoms with Crippen LogP contribution < -0.4 is 14.4 Å². The average Bonchev–Trinajstić information content (AvgIpc) is 2.93. The van der Waals surface area contributed by atoms with Crippen molar-refractivity contribution in [2.24, 2.45) is 0 Å². The highest BCUT2D eigenvalue weighted by atomic mass is 35.5. The number of carbonyl (C=O) groups is 2. The van der Waals surface area contributed by atoms with Gasteiger partial charge in [-0.2, -0.15) is 0 Å². The molecule has 3 aromatic rings. The van der Waals surface area contributed by atoms with Gasteiger partial charge in [0.05, 0.1) is 29.1 Å². The van der Waals surface area contributed by atoms with Crippen LogP contribution in [0.15, 0.2) is 72.8 Å². The van der Waals surface area contributed by atoms with E-state index in [0.717, 1.165) is 21.7 Å². The van der Waals surface area contributed by atoms with Gasteiger partial charge in [0.25, 0.3) is 0 Å². The minimum absolute atomic E-state index is 0.0477. The Bertz CT molecular complexity index is 1420. The molecular formula is C29H33Cl2N3O5S. The van der Waals surface area contributed by atoms with Crippen LogP contribution in [-0.2, 0) is 32.6 Å². The molecule has 0 aliphatic heterocycles. The number of hydrogen-bond donors (Lipinski definition) is 1. The summed E-state index contributed by atoms with van der Waals surface area (Å²) in [5.41, 5.74) is 1.75. The highest BCUT2D eigenvalue weighted by Crippen LogP contribution is 2.29. The van der Waals surface area contributed by atoms with Crippen molar-refractivity contribution in [1.82, 2.24) is 10.2 Å². The number of nitrogens with zero attached hydrogens (tertiary/aromatic N) is 2. The van der Waals surface area contributed by atoms with E-state index in [1.54, 1.807) is 25.3 Å². The van der Waals surface area contributed by atoms with Crippen molar-refractivity contribution in [2.45, 2.75) is 32.4 Å². The maximum atomic E-state index is 14.0. The summed E-state index contributed by atoms with van der Waals surface area (Å²) in [6, 6.07) is 19.9. The summed E-state index contributed by atoms with van der Waals surface area (Å²) >= 11 is 12.2. The predicted octanol–water partition coefficient (Wildman–Crippen LogP) is 4.93. The number of ether oxygens (including phenoxy) is 1. The molecule has 3 rings (SSSR count). The molecule has 1 unspecified atom stereocenters. The molecule has 2 amide bonds. The molecule has 0 radical (unpaired) electrons. The lowest BCUT2D eigenvalue weighted by atomic mass is 10.0. The molecule has 0 aliphatic carbocycles. The van der Waals surface area contributed by atoms with Crippen LogP contribution in [0.5, 0.6) is 5.75 Å². The topological polar surface area (TPSA) is 96.0 Å². The number of nitrogens with one attached hydrogen (secondary N) is 1. The smallest absolute Gasteiger partial charge is 0.244 e. The van der Waals surface area contributed by atoms with Crippen molar-refractivity contribution in [3.8, 4) is 5.75 Å². The molecule has 0 saturated heterocycles. The minimum atomic E-state index is -3.92. The van der Waals surface area contributed by atoms with Gasteiger partial charge in [-0.15, -0.1) is 0 Å². The van der Waals surface area contributed by atoms with E-state index in [1.807, 2.05) is 43.3 Å². The molecule has 1 atom stereocenters. The number of methoxy groups -OCH3 is 1. The monoisotopic (exact) mass is 605 g/mol. The van der Waals surface area contributed by atoms with E-state index in [9.17, 15) is 18.0 Å². The number of carbonyl (C=O) groups excluding carboxylic acids is 2. The van der Waals surface area contributed by atoms with Crippen molar-refractivity contribution in [1.29, 1.82) is 0 Å². The number of anilines is 1. The molecule has 0 heterocycles. The van der Waals surface area contributed by atoms with E-state index in [-0.39, 0.29) is 34.6 Å². The van der Waals surface area contributed by atoms with E-state index >= 15 is 0 Å². The molecule has 1 N–H and O–H groups in total. The van der Waals surface area contributed by atoms with Gasteiger partial charge in [-0.25, -0.2) is 8.42 Å². The van der Waals surface area contributed by atoms with Gasteiger partial charge in [0, 0.05) is 19.5 Å². The van der Waals surface area contributed by atoms with Gasteiger partial charge < -0.3 is 15.0 Å². The lowest BCUT2D eigenvalue weighted by Crippen LogP contribution is -2.53. The zero-order valence-corrected chi connectivity index (χ0v) is 25.0. The molecule has 40 heavy (non-hydrogen) atoms. The first kappa shape index (κ1) is 31.3. The second-order valence-electron chi connectivity index (χ2n) is 9.24. The average molecular weight is 607 g/mol. The maximum Gasteiger partial charge on any atom is 0.244 e. The molecule has 11 heteroatoms. The zero-order chi connectivity index (χ0) is 29.3. The van der Waals surface area contributed by atoms with Crippen LogP contribution in [0.25, 0.3) is 0 Å². The van der Waals surface area contributed by atoms with Crippen LogP contribution in [0, 0.1) is 0 Å². The molecule has 0 spiro atoms. The Labute approximate surface area is 245 Å². The Hall–Kier alpha value is -3.27. The minimum Gasteiger partial charge on any atom is -0.497 e. The third-order valence-electron chi connectivity index (χ3n) is 6.18. The van der Waals surface area contributed by atoms with Gasteiger partial charge in [-0.05, 0) is 47.9 Å². The van der Waals surface area contributed by atoms with Crippen molar-refractivity contribution in [3.63, 3.8) is 0 Å². The van der Waals surface area contributed by atoms with Gasteiger partial charge in [-0.1, -0.05) is 72.6 Å². The fourth-order valence-electron chi connectivity index (χ4n) is 4.14. The summed E-state index contributed by atoms with van der Waals surface area (Å²) in [6.45, 7) is 1.87. The Balaban J connectivity index is 2.06. The SMILES string of the molecule is CCCNC(=O)C(Cc1ccccc1)N(Cc1cccc(OC)c1)C(=O)CN(c1ccc(Cl)c(Cl)c1)S(C)(=O)=O. The van der Waals surface area contributed by atoms with Crippen molar-refractivity contribution in [3.05, 3.63) is 94.0 Å². The second kappa shape index (κ2) is 14.4. The van der Waals surface area contributed by atoms with E-state index in [1.165, 1.54) is 23.1 Å². The number of sulfonamides is 1. The number of halogens is 2. The summed E-state index contributed by atoms with van der Waals surface area (Å²) < 4.78 is 32.0. The van der Waals surface area contributed by atoms with Crippen molar-refractivity contribution in [2.75, 3.05) is 30.8 Å². The molecule has 3 aromatic carbocycles. The highest BCUT2D eigenvalue weighted by Gasteiger charge is 2.33. The lowest BCUT2D eigenvalue weighted by molar-refractivity contribution is -0.140. The van der Waals surface area contributed by atoms with Gasteiger partial charge in [0.1, 0.15) is 18.3 Å². The van der Waals surface area contributed by atoms with Crippen molar-refractivity contribution >= 4 is 50.7 Å². The molecule has 0 aliphatic rings. The van der Waals surface area contributed by atoms with E-state index in [0.29, 0.717) is 18.7 Å². The third kappa shape index (κ3) is 8.61. The molecule has 8 nitrogen and oxygen atoms in total. The molecule has 0 bridgehead atoms. The number of hydrogen-bond acceptors (Lipinski definition) is 5. The summed E-state index contributed by atoms with van der Waals surface area (Å²) in [5, 5.41) is 3.30. The van der Waals surface area contributed by atoms with Crippen LogP contribution in [0.3, 0.4) is 0 Å². The largest absolute Gasteiger partial charge is 0.497 e. The first-order valence-corrected chi connectivity index (χ1v) is 15.3. The van der Waals surface area contributed by atoms with E-state index in [4.69, 9.17) is 27.9 Å². The van der Waals surface area contributed by atoms with Gasteiger partial charge >= 0.3 is 0 Å². The molecule has 0 saturated carbocycles. The number of amides is 2. The quantitative estimate of drug-likeness (QED) is 0.298. The predicted molar refractivity (Wildman–Crippen MR) is 159 cm³/mol. The van der Waals surface area contributed by atoms with Crippen LogP contribution >= 0.6 is 23.2 Å². The van der Waals surface area contributed by atoms with Crippen LogP contribution in [0.4, 0.5) is 5.69 Å². The van der Waals surface area contributed by atoms with Gasteiger partial charge in [0.2, 0.25) is 21.8 Å². The Morgan fingerprint density at radius 1 is 0.950 bits per heavy atom. The fraction of sp³-hybridized carbons (Fsp3) is 0.310. The summed E-state index contributed by atoms with van der Waals surface area (Å²) in [7, 11) is -2.37. The summed E-state index contributed by atoms with van der Waals surface area (Å²) in [4.78, 5) is 29.0. The Morgan fingerprint density at radius 3 is 2.27 bits per heavy atom. The van der Waals surface area contributed by atoms with Gasteiger partial charge in [0.15, 0.2) is 0 Å². The standard InChI is InChI=1S/C29H33Cl2N3O5S/c1-4-15-32-29(36)27(17-21-9-6-5-7-10-21)33(19-22-11-8-12-24(16-22)39-2)28(35)20-34(40(3,37)38)23-13-14-25(30)26(31)18-23/h5-14,16,18,27H,4,15,17,19-20H2,1-3H3,(H,32,36). The number of benzene rings is 3. The van der Waals surface area contributed by atoms with Crippen LogP contribution in [0.2, 0.25) is 10.0 Å². The molecule has 0 aromatic heterocycles. The van der Waals surface area contributed by atoms with E-state index in [2.05, 4.69) is 5.32 Å². The second-order valence-corrected chi connectivity index (χ2v) is 12.0. The molecule has 0 fully saturated rings. The highest BCUT2D eigenvalue weighted by molar-refractivity contribution is 7.92. The molecular weight excluding hydrogens is 573 g/mol. The first-order chi connectivity index (χ1) is 19.0. The fourth-order valence-corrected chi connectivity index (χ4v) is 5.28. The maximum absolute atomic E-state index is 14.0. The summed E-state index contributed by atoms with van der Waals surface area (Å²) in [6.07, 6.45) is 1.95. The van der Waals surface area contributed by atoms with Crippen molar-refractivity contribution < 1.29 is 22.7 Å². The lowest BCUT2D eigenvalue weighted by Gasteiger charge is -2.33. The summed E-state index contributed by atoms with van der Waals surface area (Å²) in [5.74, 6) is -0.303. The van der Waals surface area contributed by atoms with Crippen LogP contribution in [0.1, 0.15) is 24.5 Å². The third-order valence-corrected chi connectivity index (χ3v) is 8.06. The van der Waals surface area contributed by atoms with Gasteiger partial charge in [-0.3, -0.25) is 13.9 Å². The normalized spacial score (nSPS) is 11.9. The van der Waals surface area contributed by atoms with Crippen LogP contribution in [-0.4, -0.2) is 57.6 Å². The Kier molecular flexibility index (Phi) is 11.2. The Morgan fingerprint density at radius 2 is 1.65 bits per heavy atom. The molecule has 214 valence electrons.